The van der Waals surface area contributed by atoms with E-state index in [2.05, 4.69) is 26.8 Å². The number of carbonyl (C=O) groups is 1. The lowest BCUT2D eigenvalue weighted by Crippen LogP contribution is -2.29. The van der Waals surface area contributed by atoms with Gasteiger partial charge in [-0.2, -0.15) is 0 Å². The highest BCUT2D eigenvalue weighted by atomic mass is 16.2. The van der Waals surface area contributed by atoms with Crippen LogP contribution in [-0.4, -0.2) is 54.5 Å². The van der Waals surface area contributed by atoms with Crippen LogP contribution in [0, 0.1) is 11.8 Å². The maximum atomic E-state index is 11.7. The zero-order valence-electron chi connectivity index (χ0n) is 10.4. The Morgan fingerprint density at radius 1 is 1.28 bits per heavy atom. The molecule has 2 aliphatic rings. The highest BCUT2D eigenvalue weighted by Gasteiger charge is 2.29. The van der Waals surface area contributed by atoms with Gasteiger partial charge in [-0.3, -0.25) is 9.69 Å². The highest BCUT2D eigenvalue weighted by Crippen LogP contribution is 2.13. The van der Waals surface area contributed by atoms with Crippen molar-refractivity contribution < 1.29 is 4.79 Å². The molecule has 2 fully saturated rings. The van der Waals surface area contributed by atoms with Crippen molar-refractivity contribution in [3.8, 4) is 11.8 Å². The maximum absolute atomic E-state index is 11.7. The van der Waals surface area contributed by atoms with Gasteiger partial charge in [0, 0.05) is 11.5 Å². The number of likely N-dealkylation sites (tertiary alicyclic amines) is 2. The second-order valence-electron chi connectivity index (χ2n) is 4.61. The first kappa shape index (κ1) is 12.7. The second kappa shape index (κ2) is 6.29. The predicted molar refractivity (Wildman–Crippen MR) is 67.6 cm³/mol. The van der Waals surface area contributed by atoms with E-state index in [1.807, 2.05) is 0 Å². The summed E-state index contributed by atoms with van der Waals surface area (Å²) in [5.41, 5.74) is 8.32. The van der Waals surface area contributed by atoms with E-state index in [4.69, 9.17) is 5.53 Å². The van der Waals surface area contributed by atoms with E-state index >= 15 is 0 Å². The molecule has 2 aliphatic heterocycles. The fourth-order valence-electron chi connectivity index (χ4n) is 2.31. The lowest BCUT2D eigenvalue weighted by atomic mass is 10.3. The first-order chi connectivity index (χ1) is 8.81. The van der Waals surface area contributed by atoms with Gasteiger partial charge in [0.25, 0.3) is 0 Å². The largest absolute Gasteiger partial charge is 0.331 e. The summed E-state index contributed by atoms with van der Waals surface area (Å²) in [7, 11) is 0. The molecule has 0 saturated carbocycles. The molecule has 0 aromatic rings. The molecule has 0 bridgehead atoms. The van der Waals surface area contributed by atoms with E-state index in [9.17, 15) is 4.79 Å². The highest BCUT2D eigenvalue weighted by molar-refractivity contribution is 5.84. The number of nitrogens with zero attached hydrogens (tertiary/aromatic N) is 5. The quantitative estimate of drug-likeness (QED) is 0.323. The van der Waals surface area contributed by atoms with E-state index in [0.29, 0.717) is 19.5 Å². The summed E-state index contributed by atoms with van der Waals surface area (Å²) >= 11 is 0. The average molecular weight is 247 g/mol. The van der Waals surface area contributed by atoms with Crippen LogP contribution in [0.3, 0.4) is 0 Å². The monoisotopic (exact) mass is 247 g/mol. The Labute approximate surface area is 107 Å². The number of carbonyl (C=O) groups excluding carboxylic acids is 1. The van der Waals surface area contributed by atoms with E-state index in [1.54, 1.807) is 4.90 Å². The summed E-state index contributed by atoms with van der Waals surface area (Å²) in [6.45, 7) is 4.15. The van der Waals surface area contributed by atoms with Gasteiger partial charge < -0.3 is 4.90 Å². The lowest BCUT2D eigenvalue weighted by Gasteiger charge is -2.12. The summed E-state index contributed by atoms with van der Waals surface area (Å²) in [5, 5.41) is 3.48. The minimum atomic E-state index is -0.518. The van der Waals surface area contributed by atoms with Crippen molar-refractivity contribution >= 4 is 5.91 Å². The van der Waals surface area contributed by atoms with Gasteiger partial charge in [-0.1, -0.05) is 17.0 Å². The van der Waals surface area contributed by atoms with Crippen LogP contribution in [0.25, 0.3) is 10.4 Å². The number of rotatable bonds is 3. The maximum Gasteiger partial charge on any atom is 0.232 e. The minimum Gasteiger partial charge on any atom is -0.331 e. The van der Waals surface area contributed by atoms with Crippen molar-refractivity contribution in [1.82, 2.24) is 9.80 Å². The lowest BCUT2D eigenvalue weighted by molar-refractivity contribution is -0.128. The van der Waals surface area contributed by atoms with Gasteiger partial charge in [-0.05, 0) is 37.9 Å². The second-order valence-corrected chi connectivity index (χ2v) is 4.61. The molecule has 2 saturated heterocycles. The average Bonchev–Trinajstić information content (AvgIpc) is 2.98. The summed E-state index contributed by atoms with van der Waals surface area (Å²) in [4.78, 5) is 18.4. The first-order valence-electron chi connectivity index (χ1n) is 6.32. The molecule has 0 N–H and O–H groups in total. The van der Waals surface area contributed by atoms with Crippen molar-refractivity contribution in [2.75, 3.05) is 32.7 Å². The Bertz CT molecular complexity index is 412. The van der Waals surface area contributed by atoms with Crippen molar-refractivity contribution in [2.24, 2.45) is 5.11 Å². The molecule has 2 rings (SSSR count). The van der Waals surface area contributed by atoms with Crippen molar-refractivity contribution in [2.45, 2.75) is 25.3 Å². The van der Waals surface area contributed by atoms with Crippen molar-refractivity contribution in [3.63, 3.8) is 0 Å². The molecule has 1 amide bonds. The third-order valence-corrected chi connectivity index (χ3v) is 3.36. The van der Waals surface area contributed by atoms with Crippen LogP contribution >= 0.6 is 0 Å². The molecule has 0 aliphatic carbocycles. The Hall–Kier alpha value is -1.70. The number of hydrogen-bond acceptors (Lipinski definition) is 3. The van der Waals surface area contributed by atoms with Gasteiger partial charge >= 0.3 is 0 Å². The fourth-order valence-corrected chi connectivity index (χ4v) is 2.31. The summed E-state index contributed by atoms with van der Waals surface area (Å²) in [5.74, 6) is 6.03. The van der Waals surface area contributed by atoms with Crippen LogP contribution < -0.4 is 0 Å². The molecule has 18 heavy (non-hydrogen) atoms. The minimum absolute atomic E-state index is 0.0942. The van der Waals surface area contributed by atoms with E-state index in [0.717, 1.165) is 19.6 Å². The summed E-state index contributed by atoms with van der Waals surface area (Å²) in [6, 6.07) is -0.518. The van der Waals surface area contributed by atoms with Crippen LogP contribution in [-0.2, 0) is 4.79 Å². The Morgan fingerprint density at radius 3 is 2.72 bits per heavy atom. The topological polar surface area (TPSA) is 72.3 Å². The molecule has 1 unspecified atom stereocenters. The van der Waals surface area contributed by atoms with Gasteiger partial charge in [0.05, 0.1) is 13.1 Å². The number of azide groups is 1. The Kier molecular flexibility index (Phi) is 4.46. The van der Waals surface area contributed by atoms with Crippen LogP contribution in [0.1, 0.15) is 19.3 Å². The van der Waals surface area contributed by atoms with Gasteiger partial charge in [0.2, 0.25) is 5.91 Å². The fraction of sp³-hybridized carbons (Fsp3) is 0.750. The van der Waals surface area contributed by atoms with E-state index in [-0.39, 0.29) is 5.91 Å². The predicted octanol–water partition coefficient (Wildman–Crippen LogP) is 0.997. The van der Waals surface area contributed by atoms with Crippen LogP contribution in [0.4, 0.5) is 0 Å². The zero-order valence-corrected chi connectivity index (χ0v) is 10.4. The number of amides is 1. The molecule has 6 heteroatoms. The van der Waals surface area contributed by atoms with Gasteiger partial charge in [0.1, 0.15) is 6.04 Å². The van der Waals surface area contributed by atoms with Gasteiger partial charge in [-0.15, -0.1) is 0 Å². The van der Waals surface area contributed by atoms with E-state index < -0.39 is 6.04 Å². The van der Waals surface area contributed by atoms with Crippen molar-refractivity contribution in [3.05, 3.63) is 10.4 Å². The van der Waals surface area contributed by atoms with Crippen LogP contribution in [0.5, 0.6) is 0 Å². The normalized spacial score (nSPS) is 23.7. The molecular weight excluding hydrogens is 230 g/mol. The molecule has 6 nitrogen and oxygen atoms in total. The van der Waals surface area contributed by atoms with Crippen LogP contribution in [0.2, 0.25) is 0 Å². The first-order valence-corrected chi connectivity index (χ1v) is 6.32. The summed E-state index contributed by atoms with van der Waals surface area (Å²) in [6.07, 6.45) is 3.14. The molecule has 0 aromatic heterocycles. The van der Waals surface area contributed by atoms with Crippen LogP contribution in [0.15, 0.2) is 5.11 Å². The molecule has 1 atom stereocenters. The molecular formula is C12H17N5O. The Balaban J connectivity index is 1.75. The molecule has 0 radical (unpaired) electrons. The van der Waals surface area contributed by atoms with Crippen molar-refractivity contribution in [1.29, 1.82) is 0 Å². The zero-order chi connectivity index (χ0) is 12.8. The molecule has 96 valence electrons. The number of hydrogen-bond donors (Lipinski definition) is 0. The van der Waals surface area contributed by atoms with Gasteiger partial charge in [0.15, 0.2) is 0 Å². The standard InChI is InChI=1S/C12H17N5O/c13-15-14-11-5-10-17(12(11)18)9-4-3-8-16-6-1-2-7-16/h11H,1-2,5-10H2. The third-order valence-electron chi connectivity index (χ3n) is 3.36. The van der Waals surface area contributed by atoms with Gasteiger partial charge in [-0.25, -0.2) is 0 Å². The molecule has 0 spiro atoms. The molecule has 2 heterocycles. The molecule has 0 aromatic carbocycles. The third kappa shape index (κ3) is 3.16. The Morgan fingerprint density at radius 2 is 2.00 bits per heavy atom. The summed E-state index contributed by atoms with van der Waals surface area (Å²) < 4.78 is 0. The van der Waals surface area contributed by atoms with E-state index in [1.165, 1.54) is 12.8 Å². The SMILES string of the molecule is [N-]=[N+]=NC1CCN(CC#CCN2CCCC2)C1=O. The smallest absolute Gasteiger partial charge is 0.232 e.